The first kappa shape index (κ1) is 14.2. The van der Waals surface area contributed by atoms with Gasteiger partial charge in [-0.2, -0.15) is 0 Å². The normalized spacial score (nSPS) is 8.87. The van der Waals surface area contributed by atoms with Crippen LogP contribution in [0.25, 0.3) is 0 Å². The van der Waals surface area contributed by atoms with Crippen LogP contribution in [0.4, 0.5) is 0 Å². The van der Waals surface area contributed by atoms with Gasteiger partial charge in [0.2, 0.25) is 0 Å². The van der Waals surface area contributed by atoms with E-state index in [-0.39, 0.29) is 5.97 Å². The first-order valence-electron chi connectivity index (χ1n) is 5.08. The summed E-state index contributed by atoms with van der Waals surface area (Å²) in [6.07, 6.45) is 0. The summed E-state index contributed by atoms with van der Waals surface area (Å²) in [6.45, 7) is 8.09. The van der Waals surface area contributed by atoms with Crippen molar-refractivity contribution in [3.05, 3.63) is 33.8 Å². The van der Waals surface area contributed by atoms with E-state index in [1.165, 1.54) is 0 Å². The Bertz CT molecular complexity index is 321. The number of rotatable bonds is 2. The minimum Gasteiger partial charge on any atom is -0.462 e. The third kappa shape index (κ3) is 4.47. The van der Waals surface area contributed by atoms with Crippen LogP contribution in [0.2, 0.25) is 0 Å². The number of hydrogen-bond acceptors (Lipinski definition) is 2. The van der Waals surface area contributed by atoms with Crippen molar-refractivity contribution in [2.75, 3.05) is 6.61 Å². The molecule has 0 amide bonds. The second kappa shape index (κ2) is 7.46. The Morgan fingerprint density at radius 3 is 2.47 bits per heavy atom. The first-order valence-corrected chi connectivity index (χ1v) is 5.87. The molecule has 1 aromatic rings. The molecule has 0 saturated heterocycles. The molecule has 2 nitrogen and oxygen atoms in total. The lowest BCUT2D eigenvalue weighted by Crippen LogP contribution is -2.06. The van der Waals surface area contributed by atoms with Crippen LogP contribution in [0, 0.1) is 6.92 Å². The number of carbonyl (C=O) groups excluding carboxylic acids is 1. The van der Waals surface area contributed by atoms with Crippen LogP contribution in [-0.2, 0) is 4.74 Å². The van der Waals surface area contributed by atoms with Gasteiger partial charge in [0.1, 0.15) is 0 Å². The van der Waals surface area contributed by atoms with Crippen LogP contribution in [0.5, 0.6) is 0 Å². The van der Waals surface area contributed by atoms with Gasteiger partial charge in [-0.15, -0.1) is 0 Å². The third-order valence-electron chi connectivity index (χ3n) is 1.68. The Kier molecular flexibility index (Phi) is 7.05. The molecule has 0 atom stereocenters. The zero-order valence-electron chi connectivity index (χ0n) is 9.63. The molecule has 0 aliphatic carbocycles. The highest BCUT2D eigenvalue weighted by molar-refractivity contribution is 9.10. The highest BCUT2D eigenvalue weighted by Crippen LogP contribution is 2.16. The van der Waals surface area contributed by atoms with Crippen LogP contribution >= 0.6 is 15.9 Å². The number of halogens is 1. The number of esters is 1. The molecular weight excluding hydrogens is 256 g/mol. The summed E-state index contributed by atoms with van der Waals surface area (Å²) in [4.78, 5) is 11.3. The summed E-state index contributed by atoms with van der Waals surface area (Å²) in [6, 6.07) is 5.49. The predicted molar refractivity (Wildman–Crippen MR) is 66.2 cm³/mol. The van der Waals surface area contributed by atoms with Gasteiger partial charge in [0.25, 0.3) is 0 Å². The van der Waals surface area contributed by atoms with E-state index < -0.39 is 0 Å². The van der Waals surface area contributed by atoms with E-state index in [0.29, 0.717) is 12.2 Å². The van der Waals surface area contributed by atoms with Crippen molar-refractivity contribution in [3.8, 4) is 0 Å². The lowest BCUT2D eigenvalue weighted by molar-refractivity contribution is 0.0525. The molecule has 0 saturated carbocycles. The van der Waals surface area contributed by atoms with Crippen LogP contribution in [0.15, 0.2) is 22.7 Å². The van der Waals surface area contributed by atoms with Gasteiger partial charge in [-0.25, -0.2) is 4.79 Å². The molecule has 0 spiro atoms. The van der Waals surface area contributed by atoms with E-state index in [0.717, 1.165) is 10.0 Å². The second-order valence-electron chi connectivity index (χ2n) is 2.68. The smallest absolute Gasteiger partial charge is 0.338 e. The molecule has 1 aromatic carbocycles. The van der Waals surface area contributed by atoms with E-state index in [2.05, 4.69) is 15.9 Å². The largest absolute Gasteiger partial charge is 0.462 e. The first-order chi connectivity index (χ1) is 7.15. The van der Waals surface area contributed by atoms with E-state index in [1.54, 1.807) is 13.0 Å². The molecule has 0 N–H and O–H groups in total. The topological polar surface area (TPSA) is 26.3 Å². The average Bonchev–Trinajstić information content (AvgIpc) is 2.21. The summed E-state index contributed by atoms with van der Waals surface area (Å²) < 4.78 is 5.86. The van der Waals surface area contributed by atoms with Gasteiger partial charge in [0, 0.05) is 4.47 Å². The van der Waals surface area contributed by atoms with Gasteiger partial charge in [-0.1, -0.05) is 29.8 Å². The standard InChI is InChI=1S/C10H11BrO2.C2H6/c1-3-13-10(12)9-5-4-8(11)6-7(9)2;1-2/h4-6H,3H2,1-2H3;1-2H3. The number of ether oxygens (including phenoxy) is 1. The monoisotopic (exact) mass is 272 g/mol. The maximum Gasteiger partial charge on any atom is 0.338 e. The van der Waals surface area contributed by atoms with E-state index in [1.807, 2.05) is 32.9 Å². The highest BCUT2D eigenvalue weighted by Gasteiger charge is 2.08. The Morgan fingerprint density at radius 2 is 2.00 bits per heavy atom. The van der Waals surface area contributed by atoms with Crippen molar-refractivity contribution < 1.29 is 9.53 Å². The van der Waals surface area contributed by atoms with Crippen molar-refractivity contribution in [2.24, 2.45) is 0 Å². The molecule has 15 heavy (non-hydrogen) atoms. The van der Waals surface area contributed by atoms with E-state index >= 15 is 0 Å². The van der Waals surface area contributed by atoms with Crippen molar-refractivity contribution in [1.29, 1.82) is 0 Å². The van der Waals surface area contributed by atoms with E-state index in [9.17, 15) is 4.79 Å². The van der Waals surface area contributed by atoms with Crippen molar-refractivity contribution in [3.63, 3.8) is 0 Å². The van der Waals surface area contributed by atoms with Gasteiger partial charge in [0.15, 0.2) is 0 Å². The fourth-order valence-corrected chi connectivity index (χ4v) is 1.54. The fraction of sp³-hybridized carbons (Fsp3) is 0.417. The Morgan fingerprint density at radius 1 is 1.40 bits per heavy atom. The van der Waals surface area contributed by atoms with Crippen LogP contribution in [0.3, 0.4) is 0 Å². The zero-order valence-corrected chi connectivity index (χ0v) is 11.2. The molecular formula is C12H17BrO2. The van der Waals surface area contributed by atoms with Crippen molar-refractivity contribution >= 4 is 21.9 Å². The molecule has 0 unspecified atom stereocenters. The van der Waals surface area contributed by atoms with Crippen LogP contribution in [-0.4, -0.2) is 12.6 Å². The Balaban J connectivity index is 0.000000921. The fourth-order valence-electron chi connectivity index (χ4n) is 1.06. The predicted octanol–water partition coefficient (Wildman–Crippen LogP) is 3.96. The summed E-state index contributed by atoms with van der Waals surface area (Å²) in [7, 11) is 0. The van der Waals surface area contributed by atoms with Crippen LogP contribution < -0.4 is 0 Å². The molecule has 0 aromatic heterocycles. The molecule has 0 heterocycles. The summed E-state index contributed by atoms with van der Waals surface area (Å²) in [5.41, 5.74) is 1.55. The van der Waals surface area contributed by atoms with Gasteiger partial charge < -0.3 is 4.74 Å². The summed E-state index contributed by atoms with van der Waals surface area (Å²) in [5.74, 6) is -0.257. The second-order valence-corrected chi connectivity index (χ2v) is 3.60. The molecule has 84 valence electrons. The maximum absolute atomic E-state index is 11.3. The highest BCUT2D eigenvalue weighted by atomic mass is 79.9. The van der Waals surface area contributed by atoms with Crippen molar-refractivity contribution in [2.45, 2.75) is 27.7 Å². The summed E-state index contributed by atoms with van der Waals surface area (Å²) in [5, 5.41) is 0. The number of benzene rings is 1. The van der Waals surface area contributed by atoms with Crippen molar-refractivity contribution in [1.82, 2.24) is 0 Å². The molecule has 0 bridgehead atoms. The summed E-state index contributed by atoms with van der Waals surface area (Å²) >= 11 is 3.33. The van der Waals surface area contributed by atoms with Gasteiger partial charge >= 0.3 is 5.97 Å². The van der Waals surface area contributed by atoms with Crippen LogP contribution in [0.1, 0.15) is 36.7 Å². The zero-order chi connectivity index (χ0) is 11.8. The van der Waals surface area contributed by atoms with Gasteiger partial charge in [0.05, 0.1) is 12.2 Å². The minimum absolute atomic E-state index is 0.257. The average molecular weight is 273 g/mol. The molecule has 0 aliphatic heterocycles. The Labute approximate surface area is 99.8 Å². The number of carbonyl (C=O) groups is 1. The number of hydrogen-bond donors (Lipinski definition) is 0. The molecule has 1 rings (SSSR count). The van der Waals surface area contributed by atoms with Gasteiger partial charge in [-0.05, 0) is 37.6 Å². The van der Waals surface area contributed by atoms with E-state index in [4.69, 9.17) is 4.74 Å². The quantitative estimate of drug-likeness (QED) is 0.762. The molecule has 3 heteroatoms. The molecule has 0 fully saturated rings. The third-order valence-corrected chi connectivity index (χ3v) is 2.18. The molecule has 0 aliphatic rings. The molecule has 0 radical (unpaired) electrons. The maximum atomic E-state index is 11.3. The lowest BCUT2D eigenvalue weighted by atomic mass is 10.1. The minimum atomic E-state index is -0.257. The lowest BCUT2D eigenvalue weighted by Gasteiger charge is -2.04. The van der Waals surface area contributed by atoms with Gasteiger partial charge in [-0.3, -0.25) is 0 Å². The Hall–Kier alpha value is -0.830. The SMILES string of the molecule is CC.CCOC(=O)c1ccc(Br)cc1C. The number of aryl methyl sites for hydroxylation is 1.